The van der Waals surface area contributed by atoms with Crippen molar-refractivity contribution in [1.29, 1.82) is 0 Å². The molecule has 2 rings (SSSR count). The van der Waals surface area contributed by atoms with E-state index in [0.717, 1.165) is 30.4 Å². The van der Waals surface area contributed by atoms with E-state index in [0.29, 0.717) is 10.8 Å². The van der Waals surface area contributed by atoms with Crippen molar-refractivity contribution in [2.75, 3.05) is 19.0 Å². The maximum atomic E-state index is 5.98. The molecule has 0 bridgehead atoms. The molecule has 0 amide bonds. The second-order valence-corrected chi connectivity index (χ2v) is 4.40. The molecule has 1 aromatic heterocycles. The molecule has 0 aliphatic carbocycles. The average Bonchev–Trinajstić information content (AvgIpc) is 2.81. The summed E-state index contributed by atoms with van der Waals surface area (Å²) >= 11 is 5.98. The normalized spacial score (nSPS) is 10.5. The molecule has 102 valence electrons. The number of halogens is 1. The number of methoxy groups -OCH3 is 1. The zero-order valence-corrected chi connectivity index (χ0v) is 12.0. The Kier molecular flexibility index (Phi) is 4.27. The van der Waals surface area contributed by atoms with Gasteiger partial charge in [0, 0.05) is 18.1 Å². The van der Waals surface area contributed by atoms with Gasteiger partial charge in [0.05, 0.1) is 12.7 Å². The molecule has 2 aromatic rings. The van der Waals surface area contributed by atoms with E-state index in [2.05, 4.69) is 22.4 Å². The van der Waals surface area contributed by atoms with Crippen molar-refractivity contribution >= 4 is 17.5 Å². The van der Waals surface area contributed by atoms with Crippen LogP contribution in [0.25, 0.3) is 11.4 Å². The largest absolute Gasteiger partial charge is 0.496 e. The third-order valence-corrected chi connectivity index (χ3v) is 3.04. The fourth-order valence-corrected chi connectivity index (χ4v) is 2.10. The average molecular weight is 281 g/mol. The number of nitrogens with zero attached hydrogens (tertiary/aromatic N) is 3. The van der Waals surface area contributed by atoms with Gasteiger partial charge >= 0.3 is 0 Å². The Hall–Kier alpha value is -1.75. The molecule has 6 heteroatoms. The third kappa shape index (κ3) is 2.66. The first kappa shape index (κ1) is 13.7. The SMILES string of the molecule is CCNc1nnc(-c2ccc(Cl)cc2OC)n1CC. The molecule has 0 unspecified atom stereocenters. The smallest absolute Gasteiger partial charge is 0.224 e. The summed E-state index contributed by atoms with van der Waals surface area (Å²) in [5, 5.41) is 12.2. The third-order valence-electron chi connectivity index (χ3n) is 2.81. The molecular weight excluding hydrogens is 264 g/mol. The molecule has 0 saturated heterocycles. The van der Waals surface area contributed by atoms with Crippen molar-refractivity contribution in [2.24, 2.45) is 0 Å². The topological polar surface area (TPSA) is 52.0 Å². The highest BCUT2D eigenvalue weighted by molar-refractivity contribution is 6.30. The van der Waals surface area contributed by atoms with E-state index in [1.165, 1.54) is 0 Å². The van der Waals surface area contributed by atoms with Gasteiger partial charge in [-0.25, -0.2) is 0 Å². The standard InChI is InChI=1S/C13H17ClN4O/c1-4-15-13-17-16-12(18(13)5-2)10-7-6-9(14)8-11(10)19-3/h6-8H,4-5H2,1-3H3,(H,15,17). The van der Waals surface area contributed by atoms with E-state index in [1.54, 1.807) is 13.2 Å². The number of nitrogens with one attached hydrogen (secondary N) is 1. The molecule has 0 fully saturated rings. The van der Waals surface area contributed by atoms with E-state index < -0.39 is 0 Å². The van der Waals surface area contributed by atoms with Crippen LogP contribution in [0.15, 0.2) is 18.2 Å². The van der Waals surface area contributed by atoms with E-state index in [1.807, 2.05) is 23.6 Å². The molecule has 1 N–H and O–H groups in total. The molecular formula is C13H17ClN4O. The highest BCUT2D eigenvalue weighted by atomic mass is 35.5. The van der Waals surface area contributed by atoms with Crippen LogP contribution < -0.4 is 10.1 Å². The van der Waals surface area contributed by atoms with Gasteiger partial charge in [-0.1, -0.05) is 11.6 Å². The summed E-state index contributed by atoms with van der Waals surface area (Å²) in [4.78, 5) is 0. The summed E-state index contributed by atoms with van der Waals surface area (Å²) in [7, 11) is 1.62. The van der Waals surface area contributed by atoms with Gasteiger partial charge in [0.1, 0.15) is 5.75 Å². The molecule has 0 atom stereocenters. The molecule has 0 aliphatic rings. The second-order valence-electron chi connectivity index (χ2n) is 3.97. The summed E-state index contributed by atoms with van der Waals surface area (Å²) in [5.74, 6) is 2.22. The Morgan fingerprint density at radius 3 is 2.74 bits per heavy atom. The number of aromatic nitrogens is 3. The highest BCUT2D eigenvalue weighted by Crippen LogP contribution is 2.32. The molecule has 1 aromatic carbocycles. The van der Waals surface area contributed by atoms with E-state index >= 15 is 0 Å². The quantitative estimate of drug-likeness (QED) is 0.914. The number of hydrogen-bond donors (Lipinski definition) is 1. The first-order chi connectivity index (χ1) is 9.21. The van der Waals surface area contributed by atoms with Crippen LogP contribution in [0, 0.1) is 0 Å². The first-order valence-corrected chi connectivity index (χ1v) is 6.60. The summed E-state index contributed by atoms with van der Waals surface area (Å²) in [6.45, 7) is 5.65. The van der Waals surface area contributed by atoms with Crippen LogP contribution in [0.1, 0.15) is 13.8 Å². The van der Waals surface area contributed by atoms with Crippen LogP contribution in [0.5, 0.6) is 5.75 Å². The van der Waals surface area contributed by atoms with E-state index in [9.17, 15) is 0 Å². The number of ether oxygens (including phenoxy) is 1. The summed E-state index contributed by atoms with van der Waals surface area (Å²) in [6, 6.07) is 5.49. The van der Waals surface area contributed by atoms with Crippen molar-refractivity contribution < 1.29 is 4.74 Å². The predicted octanol–water partition coefficient (Wildman–Crippen LogP) is 3.06. The van der Waals surface area contributed by atoms with Gasteiger partial charge in [-0.2, -0.15) is 0 Å². The van der Waals surface area contributed by atoms with Gasteiger partial charge in [0.15, 0.2) is 5.82 Å². The Morgan fingerprint density at radius 1 is 1.32 bits per heavy atom. The van der Waals surface area contributed by atoms with Crippen molar-refractivity contribution in [3.63, 3.8) is 0 Å². The Morgan fingerprint density at radius 2 is 2.11 bits per heavy atom. The van der Waals surface area contributed by atoms with Gasteiger partial charge in [-0.15, -0.1) is 10.2 Å². The minimum Gasteiger partial charge on any atom is -0.496 e. The lowest BCUT2D eigenvalue weighted by atomic mass is 10.2. The van der Waals surface area contributed by atoms with Crippen molar-refractivity contribution in [3.05, 3.63) is 23.2 Å². The van der Waals surface area contributed by atoms with Gasteiger partial charge in [-0.3, -0.25) is 4.57 Å². The molecule has 5 nitrogen and oxygen atoms in total. The zero-order valence-electron chi connectivity index (χ0n) is 11.3. The van der Waals surface area contributed by atoms with Gasteiger partial charge in [0.2, 0.25) is 5.95 Å². The van der Waals surface area contributed by atoms with Gasteiger partial charge in [0.25, 0.3) is 0 Å². The lowest BCUT2D eigenvalue weighted by molar-refractivity contribution is 0.416. The fourth-order valence-electron chi connectivity index (χ4n) is 1.94. The maximum absolute atomic E-state index is 5.98. The van der Waals surface area contributed by atoms with Crippen LogP contribution >= 0.6 is 11.6 Å². The van der Waals surface area contributed by atoms with Crippen LogP contribution in [0.3, 0.4) is 0 Å². The molecule has 0 spiro atoms. The van der Waals surface area contributed by atoms with Crippen LogP contribution in [-0.4, -0.2) is 28.4 Å². The minimum absolute atomic E-state index is 0.634. The number of anilines is 1. The van der Waals surface area contributed by atoms with Crippen LogP contribution in [0.2, 0.25) is 5.02 Å². The second kappa shape index (κ2) is 5.93. The van der Waals surface area contributed by atoms with Gasteiger partial charge in [-0.05, 0) is 32.0 Å². The number of rotatable bonds is 5. The van der Waals surface area contributed by atoms with Crippen LogP contribution in [-0.2, 0) is 6.54 Å². The maximum Gasteiger partial charge on any atom is 0.224 e. The van der Waals surface area contributed by atoms with Crippen molar-refractivity contribution in [3.8, 4) is 17.1 Å². The lowest BCUT2D eigenvalue weighted by Crippen LogP contribution is -2.07. The van der Waals surface area contributed by atoms with Crippen molar-refractivity contribution in [2.45, 2.75) is 20.4 Å². The number of hydrogen-bond acceptors (Lipinski definition) is 4. The lowest BCUT2D eigenvalue weighted by Gasteiger charge is -2.11. The fraction of sp³-hybridized carbons (Fsp3) is 0.385. The Labute approximate surface area is 117 Å². The molecule has 0 radical (unpaired) electrons. The monoisotopic (exact) mass is 280 g/mol. The van der Waals surface area contributed by atoms with E-state index in [4.69, 9.17) is 16.3 Å². The highest BCUT2D eigenvalue weighted by Gasteiger charge is 2.16. The Balaban J connectivity index is 2.52. The predicted molar refractivity (Wildman–Crippen MR) is 76.9 cm³/mol. The molecule has 1 heterocycles. The number of benzene rings is 1. The first-order valence-electron chi connectivity index (χ1n) is 6.22. The van der Waals surface area contributed by atoms with E-state index in [-0.39, 0.29) is 0 Å². The van der Waals surface area contributed by atoms with Crippen molar-refractivity contribution in [1.82, 2.24) is 14.8 Å². The summed E-state index contributed by atoms with van der Waals surface area (Å²) in [6.07, 6.45) is 0. The molecule has 0 saturated carbocycles. The van der Waals surface area contributed by atoms with Gasteiger partial charge < -0.3 is 10.1 Å². The summed E-state index contributed by atoms with van der Waals surface area (Å²) in [5.41, 5.74) is 0.880. The molecule has 19 heavy (non-hydrogen) atoms. The zero-order chi connectivity index (χ0) is 13.8. The van der Waals surface area contributed by atoms with Crippen LogP contribution in [0.4, 0.5) is 5.95 Å². The summed E-state index contributed by atoms with van der Waals surface area (Å²) < 4.78 is 7.37. The molecule has 0 aliphatic heterocycles. The Bertz CT molecular complexity index is 568. The minimum atomic E-state index is 0.634.